The van der Waals surface area contributed by atoms with Crippen molar-refractivity contribution in [2.24, 2.45) is 0 Å². The minimum atomic E-state index is -1.14. The van der Waals surface area contributed by atoms with Gasteiger partial charge in [-0.3, -0.25) is 0 Å². The van der Waals surface area contributed by atoms with Crippen LogP contribution in [0.3, 0.4) is 0 Å². The Hall–Kier alpha value is -1.55. The summed E-state index contributed by atoms with van der Waals surface area (Å²) < 4.78 is 11.1. The summed E-state index contributed by atoms with van der Waals surface area (Å²) >= 11 is 0. The number of carbonyl (C=O) groups is 1. The average molecular weight is 250 g/mol. The Morgan fingerprint density at radius 1 is 1.39 bits per heavy atom. The highest BCUT2D eigenvalue weighted by Gasteiger charge is 2.43. The first kappa shape index (κ1) is 12.9. The van der Waals surface area contributed by atoms with Crippen LogP contribution in [0.5, 0.6) is 5.75 Å². The molecule has 1 aromatic rings. The van der Waals surface area contributed by atoms with E-state index in [9.17, 15) is 9.90 Å². The van der Waals surface area contributed by atoms with Crippen molar-refractivity contribution in [3.63, 3.8) is 0 Å². The lowest BCUT2D eigenvalue weighted by molar-refractivity contribution is -0.163. The van der Waals surface area contributed by atoms with Crippen LogP contribution in [0.1, 0.15) is 25.3 Å². The Labute approximate surface area is 107 Å². The number of carboxylic acid groups (broad SMARTS) is 1. The lowest BCUT2D eigenvalue weighted by atomic mass is 9.94. The van der Waals surface area contributed by atoms with Gasteiger partial charge in [-0.2, -0.15) is 0 Å². The molecule has 4 heteroatoms. The third-order valence-corrected chi connectivity index (χ3v) is 3.35. The van der Waals surface area contributed by atoms with E-state index in [2.05, 4.69) is 0 Å². The molecule has 0 unspecified atom stereocenters. The Balaban J connectivity index is 2.26. The Kier molecular flexibility index (Phi) is 3.87. The number of carboxylic acids is 1. The van der Waals surface area contributed by atoms with Gasteiger partial charge in [0.15, 0.2) is 0 Å². The van der Waals surface area contributed by atoms with Gasteiger partial charge in [0.2, 0.25) is 5.60 Å². The average Bonchev–Trinajstić information content (AvgIpc) is 2.40. The fourth-order valence-corrected chi connectivity index (χ4v) is 2.17. The molecule has 1 aromatic carbocycles. The number of aliphatic carboxylic acids is 1. The van der Waals surface area contributed by atoms with E-state index in [4.69, 9.17) is 9.47 Å². The molecular formula is C14H18O4. The molecular weight excluding hydrogens is 232 g/mol. The second-order valence-electron chi connectivity index (χ2n) is 4.48. The number of rotatable bonds is 4. The van der Waals surface area contributed by atoms with E-state index in [1.54, 1.807) is 0 Å². The van der Waals surface area contributed by atoms with Crippen LogP contribution >= 0.6 is 0 Å². The van der Waals surface area contributed by atoms with E-state index in [1.165, 1.54) is 0 Å². The number of aryl methyl sites for hydroxylation is 1. The molecule has 0 saturated carbocycles. The van der Waals surface area contributed by atoms with Gasteiger partial charge in [-0.1, -0.05) is 25.1 Å². The predicted octanol–water partition coefficient (Wildman–Crippen LogP) is 2.26. The van der Waals surface area contributed by atoms with Crippen LogP contribution in [0.25, 0.3) is 0 Å². The van der Waals surface area contributed by atoms with Crippen molar-refractivity contribution in [1.82, 2.24) is 0 Å². The van der Waals surface area contributed by atoms with Crippen molar-refractivity contribution < 1.29 is 19.4 Å². The standard InChI is InChI=1S/C14H18O4/c1-2-11-5-3-4-6-12(11)18-14(13(15)16)7-9-17-10-8-14/h3-6H,2,7-10H2,1H3,(H,15,16). The predicted molar refractivity (Wildman–Crippen MR) is 66.9 cm³/mol. The fourth-order valence-electron chi connectivity index (χ4n) is 2.17. The van der Waals surface area contributed by atoms with Gasteiger partial charge in [-0.15, -0.1) is 0 Å². The van der Waals surface area contributed by atoms with Crippen molar-refractivity contribution in [2.45, 2.75) is 31.8 Å². The molecule has 1 aliphatic rings. The Bertz CT molecular complexity index is 422. The van der Waals surface area contributed by atoms with Crippen molar-refractivity contribution >= 4 is 5.97 Å². The molecule has 1 heterocycles. The highest BCUT2D eigenvalue weighted by Crippen LogP contribution is 2.30. The molecule has 0 aliphatic carbocycles. The minimum absolute atomic E-state index is 0.389. The first-order valence-corrected chi connectivity index (χ1v) is 6.26. The van der Waals surface area contributed by atoms with E-state index in [-0.39, 0.29) is 0 Å². The molecule has 0 bridgehead atoms. The monoisotopic (exact) mass is 250 g/mol. The van der Waals surface area contributed by atoms with Gasteiger partial charge in [0.05, 0.1) is 13.2 Å². The van der Waals surface area contributed by atoms with Gasteiger partial charge < -0.3 is 14.6 Å². The van der Waals surface area contributed by atoms with Gasteiger partial charge in [0.25, 0.3) is 0 Å². The smallest absolute Gasteiger partial charge is 0.348 e. The van der Waals surface area contributed by atoms with Crippen LogP contribution in [-0.4, -0.2) is 29.9 Å². The molecule has 1 N–H and O–H groups in total. The molecule has 0 amide bonds. The summed E-state index contributed by atoms with van der Waals surface area (Å²) in [4.78, 5) is 11.5. The van der Waals surface area contributed by atoms with Crippen molar-refractivity contribution in [3.05, 3.63) is 29.8 Å². The normalized spacial score (nSPS) is 18.3. The summed E-state index contributed by atoms with van der Waals surface area (Å²) in [5, 5.41) is 9.43. The number of hydrogen-bond donors (Lipinski definition) is 1. The summed E-state index contributed by atoms with van der Waals surface area (Å²) in [5.74, 6) is -0.235. The van der Waals surface area contributed by atoms with Crippen molar-refractivity contribution in [1.29, 1.82) is 0 Å². The zero-order chi connectivity index (χ0) is 13.0. The second-order valence-corrected chi connectivity index (χ2v) is 4.48. The number of ether oxygens (including phenoxy) is 2. The summed E-state index contributed by atoms with van der Waals surface area (Å²) in [5.41, 5.74) is -0.103. The maximum absolute atomic E-state index is 11.5. The lowest BCUT2D eigenvalue weighted by Gasteiger charge is -2.34. The zero-order valence-electron chi connectivity index (χ0n) is 10.5. The maximum atomic E-state index is 11.5. The molecule has 1 fully saturated rings. The van der Waals surface area contributed by atoms with Gasteiger partial charge in [0, 0.05) is 12.8 Å². The van der Waals surface area contributed by atoms with Gasteiger partial charge in [-0.05, 0) is 18.1 Å². The molecule has 2 rings (SSSR count). The highest BCUT2D eigenvalue weighted by atomic mass is 16.5. The quantitative estimate of drug-likeness (QED) is 0.890. The van der Waals surface area contributed by atoms with E-state index >= 15 is 0 Å². The van der Waals surface area contributed by atoms with Gasteiger partial charge >= 0.3 is 5.97 Å². The summed E-state index contributed by atoms with van der Waals surface area (Å²) in [6.07, 6.45) is 1.60. The Morgan fingerprint density at radius 3 is 2.67 bits per heavy atom. The van der Waals surface area contributed by atoms with Crippen LogP contribution in [0.4, 0.5) is 0 Å². The molecule has 0 atom stereocenters. The SMILES string of the molecule is CCc1ccccc1OC1(C(=O)O)CCOCC1. The molecule has 1 aliphatic heterocycles. The van der Waals surface area contributed by atoms with E-state index in [0.29, 0.717) is 31.8 Å². The van der Waals surface area contributed by atoms with Crippen LogP contribution in [0.15, 0.2) is 24.3 Å². The highest BCUT2D eigenvalue weighted by molar-refractivity contribution is 5.78. The van der Waals surface area contributed by atoms with E-state index in [0.717, 1.165) is 12.0 Å². The summed E-state index contributed by atoms with van der Waals surface area (Å²) in [6.45, 7) is 2.89. The molecule has 1 saturated heterocycles. The maximum Gasteiger partial charge on any atom is 0.348 e. The number of hydrogen-bond acceptors (Lipinski definition) is 3. The van der Waals surface area contributed by atoms with Gasteiger partial charge in [0.1, 0.15) is 5.75 Å². The van der Waals surface area contributed by atoms with Crippen LogP contribution in [-0.2, 0) is 16.0 Å². The molecule has 18 heavy (non-hydrogen) atoms. The largest absolute Gasteiger partial charge is 0.478 e. The topological polar surface area (TPSA) is 55.8 Å². The number of para-hydroxylation sites is 1. The van der Waals surface area contributed by atoms with Crippen molar-refractivity contribution in [3.8, 4) is 5.75 Å². The molecule has 0 spiro atoms. The molecule has 98 valence electrons. The summed E-state index contributed by atoms with van der Waals surface area (Å²) in [6, 6.07) is 7.59. The number of benzene rings is 1. The van der Waals surface area contributed by atoms with Crippen LogP contribution in [0.2, 0.25) is 0 Å². The fraction of sp³-hybridized carbons (Fsp3) is 0.500. The lowest BCUT2D eigenvalue weighted by Crippen LogP contribution is -2.49. The Morgan fingerprint density at radius 2 is 2.06 bits per heavy atom. The first-order valence-electron chi connectivity index (χ1n) is 6.26. The molecule has 4 nitrogen and oxygen atoms in total. The van der Waals surface area contributed by atoms with Crippen LogP contribution < -0.4 is 4.74 Å². The first-order chi connectivity index (χ1) is 8.68. The third kappa shape index (κ3) is 2.48. The third-order valence-electron chi connectivity index (χ3n) is 3.35. The van der Waals surface area contributed by atoms with Crippen LogP contribution in [0, 0.1) is 0 Å². The zero-order valence-corrected chi connectivity index (χ0v) is 10.5. The molecule has 0 aromatic heterocycles. The van der Waals surface area contributed by atoms with Crippen molar-refractivity contribution in [2.75, 3.05) is 13.2 Å². The summed E-state index contributed by atoms with van der Waals surface area (Å²) in [7, 11) is 0. The second kappa shape index (κ2) is 5.40. The molecule has 0 radical (unpaired) electrons. The minimum Gasteiger partial charge on any atom is -0.478 e. The van der Waals surface area contributed by atoms with Gasteiger partial charge in [-0.25, -0.2) is 4.79 Å². The van der Waals surface area contributed by atoms with E-state index < -0.39 is 11.6 Å². The van der Waals surface area contributed by atoms with E-state index in [1.807, 2.05) is 31.2 Å².